The molecule has 1 saturated heterocycles. The molecule has 7 nitrogen and oxygen atoms in total. The van der Waals surface area contributed by atoms with Gasteiger partial charge in [-0.15, -0.1) is 0 Å². The van der Waals surface area contributed by atoms with Crippen molar-refractivity contribution in [1.29, 1.82) is 0 Å². The Hall–Kier alpha value is -3.58. The Labute approximate surface area is 177 Å². The van der Waals surface area contributed by atoms with Gasteiger partial charge in [0.15, 0.2) is 5.82 Å². The lowest BCUT2D eigenvalue weighted by atomic mass is 9.95. The average molecular weight is 425 g/mol. The van der Waals surface area contributed by atoms with E-state index in [4.69, 9.17) is 20.9 Å². The molecule has 2 heterocycles. The summed E-state index contributed by atoms with van der Waals surface area (Å²) in [6.45, 7) is 1.68. The van der Waals surface area contributed by atoms with Gasteiger partial charge in [-0.05, 0) is 36.8 Å². The first-order valence-electron chi connectivity index (χ1n) is 9.05. The number of halogens is 1. The third kappa shape index (κ3) is 3.33. The van der Waals surface area contributed by atoms with Gasteiger partial charge in [0, 0.05) is 16.7 Å². The number of carbonyl (C=O) groups excluding carboxylic acids is 2. The minimum absolute atomic E-state index is 0.0590. The molecule has 0 unspecified atom stereocenters. The van der Waals surface area contributed by atoms with Crippen molar-refractivity contribution < 1.29 is 24.0 Å². The average Bonchev–Trinajstić information content (AvgIpc) is 3.29. The third-order valence-electron chi connectivity index (χ3n) is 4.84. The second-order valence-electron chi connectivity index (χ2n) is 6.75. The van der Waals surface area contributed by atoms with Crippen molar-refractivity contribution in [1.82, 2.24) is 5.16 Å². The molecule has 1 aliphatic rings. The van der Waals surface area contributed by atoms with E-state index in [1.165, 1.54) is 12.0 Å². The number of aliphatic hydroxyl groups excluding tert-OH is 1. The number of aromatic nitrogens is 1. The Kier molecular flexibility index (Phi) is 5.05. The number of ether oxygens (including phenoxy) is 1. The van der Waals surface area contributed by atoms with E-state index in [2.05, 4.69) is 5.16 Å². The second-order valence-corrected chi connectivity index (χ2v) is 7.18. The molecule has 152 valence electrons. The van der Waals surface area contributed by atoms with Crippen LogP contribution in [0.5, 0.6) is 5.75 Å². The summed E-state index contributed by atoms with van der Waals surface area (Å²) in [5, 5.41) is 15.4. The lowest BCUT2D eigenvalue weighted by Gasteiger charge is -2.22. The fourth-order valence-electron chi connectivity index (χ4n) is 3.42. The van der Waals surface area contributed by atoms with Gasteiger partial charge < -0.3 is 14.4 Å². The maximum atomic E-state index is 13.0. The van der Waals surface area contributed by atoms with Crippen LogP contribution in [0.4, 0.5) is 5.82 Å². The van der Waals surface area contributed by atoms with Gasteiger partial charge in [-0.1, -0.05) is 41.0 Å². The molecule has 0 spiro atoms. The van der Waals surface area contributed by atoms with Crippen molar-refractivity contribution in [2.75, 3.05) is 12.0 Å². The summed E-state index contributed by atoms with van der Waals surface area (Å²) in [6.07, 6.45) is 0. The summed E-state index contributed by atoms with van der Waals surface area (Å²) in [4.78, 5) is 27.1. The molecule has 0 radical (unpaired) electrons. The summed E-state index contributed by atoms with van der Waals surface area (Å²) in [7, 11) is 1.50. The second kappa shape index (κ2) is 7.68. The van der Waals surface area contributed by atoms with Crippen LogP contribution in [0.2, 0.25) is 5.02 Å². The number of nitrogens with zero attached hydrogens (tertiary/aromatic N) is 2. The maximum Gasteiger partial charge on any atom is 0.301 e. The van der Waals surface area contributed by atoms with Crippen molar-refractivity contribution in [3.8, 4) is 5.75 Å². The highest BCUT2D eigenvalue weighted by Crippen LogP contribution is 2.42. The van der Waals surface area contributed by atoms with Gasteiger partial charge >= 0.3 is 5.91 Å². The minimum atomic E-state index is -0.905. The minimum Gasteiger partial charge on any atom is -0.507 e. The van der Waals surface area contributed by atoms with Gasteiger partial charge in [-0.25, -0.2) is 0 Å². The van der Waals surface area contributed by atoms with Crippen molar-refractivity contribution in [3.05, 3.63) is 82.1 Å². The normalized spacial score (nSPS) is 18.1. The quantitative estimate of drug-likeness (QED) is 0.382. The van der Waals surface area contributed by atoms with Crippen molar-refractivity contribution in [2.24, 2.45) is 0 Å². The SMILES string of the molecule is COc1cccc(/C(O)=C2\C(=O)C(=O)N(c3cc(C)on3)[C@H]2c2ccc(Cl)cc2)c1. The van der Waals surface area contributed by atoms with Crippen LogP contribution in [0, 0.1) is 6.92 Å². The highest BCUT2D eigenvalue weighted by molar-refractivity contribution is 6.51. The predicted molar refractivity (Wildman–Crippen MR) is 110 cm³/mol. The zero-order chi connectivity index (χ0) is 21.4. The molecule has 0 bridgehead atoms. The standard InChI is InChI=1S/C22H17ClN2O5/c1-12-10-17(24-30-12)25-19(13-6-8-15(23)9-7-13)18(21(27)22(25)28)20(26)14-4-3-5-16(11-14)29-2/h3-11,19,26H,1-2H3/b20-18+/t19-/m0/s1. The number of hydrogen-bond acceptors (Lipinski definition) is 6. The fourth-order valence-corrected chi connectivity index (χ4v) is 3.55. The number of methoxy groups -OCH3 is 1. The van der Waals surface area contributed by atoms with Crippen LogP contribution in [0.15, 0.2) is 64.7 Å². The lowest BCUT2D eigenvalue weighted by Crippen LogP contribution is -2.29. The molecule has 8 heteroatoms. The van der Waals surface area contributed by atoms with Crippen LogP contribution >= 0.6 is 11.6 Å². The van der Waals surface area contributed by atoms with Crippen LogP contribution < -0.4 is 9.64 Å². The molecular weight excluding hydrogens is 408 g/mol. The van der Waals surface area contributed by atoms with Gasteiger partial charge in [0.2, 0.25) is 0 Å². The molecule has 1 aromatic heterocycles. The zero-order valence-corrected chi connectivity index (χ0v) is 16.9. The van der Waals surface area contributed by atoms with Gasteiger partial charge in [0.05, 0.1) is 18.7 Å². The number of ketones is 1. The molecule has 4 rings (SSSR count). The molecule has 1 atom stereocenters. The van der Waals surface area contributed by atoms with Crippen molar-refractivity contribution >= 4 is 34.9 Å². The van der Waals surface area contributed by atoms with E-state index >= 15 is 0 Å². The van der Waals surface area contributed by atoms with E-state index in [1.54, 1.807) is 61.5 Å². The molecule has 3 aromatic rings. The van der Waals surface area contributed by atoms with E-state index in [0.717, 1.165) is 0 Å². The number of anilines is 1. The number of benzene rings is 2. The Balaban J connectivity index is 1.94. The summed E-state index contributed by atoms with van der Waals surface area (Å²) in [6, 6.07) is 13.9. The van der Waals surface area contributed by atoms with Gasteiger partial charge in [-0.3, -0.25) is 14.5 Å². The molecule has 2 aromatic carbocycles. The number of aryl methyl sites for hydroxylation is 1. The fraction of sp³-hybridized carbons (Fsp3) is 0.136. The molecular formula is C22H17ClN2O5. The number of rotatable bonds is 4. The predicted octanol–water partition coefficient (Wildman–Crippen LogP) is 4.27. The molecule has 1 amide bonds. The number of hydrogen-bond donors (Lipinski definition) is 1. The monoisotopic (exact) mass is 424 g/mol. The molecule has 30 heavy (non-hydrogen) atoms. The van der Waals surface area contributed by atoms with Crippen LogP contribution in [0.3, 0.4) is 0 Å². The Morgan fingerprint density at radius 2 is 1.90 bits per heavy atom. The molecule has 1 aliphatic heterocycles. The highest BCUT2D eigenvalue weighted by Gasteiger charge is 2.48. The number of carbonyl (C=O) groups is 2. The number of Topliss-reactive ketones (excluding diaryl/α,β-unsaturated/α-hetero) is 1. The van der Waals surface area contributed by atoms with Crippen LogP contribution in [-0.4, -0.2) is 29.1 Å². The summed E-state index contributed by atoms with van der Waals surface area (Å²) < 4.78 is 10.3. The van der Waals surface area contributed by atoms with Crippen molar-refractivity contribution in [3.63, 3.8) is 0 Å². The summed E-state index contributed by atoms with van der Waals surface area (Å²) in [5.41, 5.74) is 0.877. The Morgan fingerprint density at radius 3 is 2.53 bits per heavy atom. The third-order valence-corrected chi connectivity index (χ3v) is 5.09. The molecule has 0 aliphatic carbocycles. The van der Waals surface area contributed by atoms with Gasteiger partial charge in [0.25, 0.3) is 5.78 Å². The number of amides is 1. The van der Waals surface area contributed by atoms with Gasteiger partial charge in [0.1, 0.15) is 17.3 Å². The first kappa shape index (κ1) is 19.7. The lowest BCUT2D eigenvalue weighted by molar-refractivity contribution is -0.132. The smallest absolute Gasteiger partial charge is 0.301 e. The number of aliphatic hydroxyl groups is 1. The van der Waals surface area contributed by atoms with E-state index in [9.17, 15) is 14.7 Å². The van der Waals surface area contributed by atoms with E-state index in [1.807, 2.05) is 0 Å². The highest BCUT2D eigenvalue weighted by atomic mass is 35.5. The first-order valence-corrected chi connectivity index (χ1v) is 9.42. The van der Waals surface area contributed by atoms with E-state index in [-0.39, 0.29) is 17.2 Å². The van der Waals surface area contributed by atoms with Crippen LogP contribution in [0.1, 0.15) is 22.9 Å². The Morgan fingerprint density at radius 1 is 1.17 bits per heavy atom. The molecule has 1 fully saturated rings. The topological polar surface area (TPSA) is 92.9 Å². The van der Waals surface area contributed by atoms with E-state index in [0.29, 0.717) is 27.7 Å². The summed E-state index contributed by atoms with van der Waals surface area (Å²) >= 11 is 6.01. The zero-order valence-electron chi connectivity index (χ0n) is 16.1. The maximum absolute atomic E-state index is 13.0. The largest absolute Gasteiger partial charge is 0.507 e. The first-order chi connectivity index (χ1) is 14.4. The summed E-state index contributed by atoms with van der Waals surface area (Å²) in [5.74, 6) is -0.782. The van der Waals surface area contributed by atoms with Gasteiger partial charge in [-0.2, -0.15) is 0 Å². The van der Waals surface area contributed by atoms with Crippen LogP contribution in [0.25, 0.3) is 5.76 Å². The van der Waals surface area contributed by atoms with Crippen LogP contribution in [-0.2, 0) is 9.59 Å². The van der Waals surface area contributed by atoms with E-state index < -0.39 is 17.7 Å². The van der Waals surface area contributed by atoms with Crippen molar-refractivity contribution in [2.45, 2.75) is 13.0 Å². The Bertz CT molecular complexity index is 1170. The molecule has 1 N–H and O–H groups in total. The molecule has 0 saturated carbocycles.